The molecule has 1 aliphatic rings. The normalized spacial score (nSPS) is 19.5. The van der Waals surface area contributed by atoms with Crippen molar-refractivity contribution >= 4 is 9.84 Å². The van der Waals surface area contributed by atoms with Gasteiger partial charge in [0.25, 0.3) is 0 Å². The highest BCUT2D eigenvalue weighted by Crippen LogP contribution is 2.19. The van der Waals surface area contributed by atoms with E-state index in [9.17, 15) is 8.42 Å². The fourth-order valence-electron chi connectivity index (χ4n) is 3.33. The number of aryl methyl sites for hydroxylation is 1. The van der Waals surface area contributed by atoms with Crippen molar-refractivity contribution in [3.05, 3.63) is 48.3 Å². The average Bonchev–Trinajstić information content (AvgIpc) is 3.00. The van der Waals surface area contributed by atoms with Crippen LogP contribution in [0.5, 0.6) is 0 Å². The van der Waals surface area contributed by atoms with Gasteiger partial charge in [-0.05, 0) is 44.0 Å². The van der Waals surface area contributed by atoms with Crippen molar-refractivity contribution in [1.29, 1.82) is 0 Å². The minimum Gasteiger partial charge on any atom is -0.298 e. The van der Waals surface area contributed by atoms with E-state index in [-0.39, 0.29) is 5.75 Å². The summed E-state index contributed by atoms with van der Waals surface area (Å²) in [6.45, 7) is 4.42. The third-order valence-corrected chi connectivity index (χ3v) is 6.37. The van der Waals surface area contributed by atoms with Gasteiger partial charge in [0, 0.05) is 18.8 Å². The molecule has 0 bridgehead atoms. The molecule has 5 nitrogen and oxygen atoms in total. The van der Waals surface area contributed by atoms with Crippen LogP contribution in [-0.4, -0.2) is 48.0 Å². The second-order valence-corrected chi connectivity index (χ2v) is 8.67. The Hall–Kier alpha value is -1.66. The van der Waals surface area contributed by atoms with E-state index in [1.165, 1.54) is 6.42 Å². The molecule has 0 radical (unpaired) electrons. The van der Waals surface area contributed by atoms with Crippen molar-refractivity contribution in [1.82, 2.24) is 14.7 Å². The van der Waals surface area contributed by atoms with Gasteiger partial charge in [0.1, 0.15) is 0 Å². The molecule has 130 valence electrons. The molecule has 3 rings (SSSR count). The second-order valence-electron chi connectivity index (χ2n) is 6.56. The standard InChI is InChI=1S/C18H25N3O2S/c1-16-13-19-21(14-16)15-17-7-5-6-10-20(17)11-12-24(22,23)18-8-3-2-4-9-18/h2-4,8-9,13-14,17H,5-7,10-12,15H2,1H3/t17-/m1/s1. The van der Waals surface area contributed by atoms with Crippen molar-refractivity contribution in [2.24, 2.45) is 0 Å². The molecule has 1 fully saturated rings. The van der Waals surface area contributed by atoms with Crippen LogP contribution in [0.15, 0.2) is 47.6 Å². The molecule has 2 aromatic rings. The van der Waals surface area contributed by atoms with Crippen molar-refractivity contribution < 1.29 is 8.42 Å². The van der Waals surface area contributed by atoms with Gasteiger partial charge >= 0.3 is 0 Å². The summed E-state index contributed by atoms with van der Waals surface area (Å²) in [6.07, 6.45) is 7.36. The number of aromatic nitrogens is 2. The number of nitrogens with zero attached hydrogens (tertiary/aromatic N) is 3. The number of piperidine rings is 1. The van der Waals surface area contributed by atoms with Gasteiger partial charge < -0.3 is 0 Å². The zero-order valence-electron chi connectivity index (χ0n) is 14.1. The minimum absolute atomic E-state index is 0.172. The smallest absolute Gasteiger partial charge is 0.179 e. The fourth-order valence-corrected chi connectivity index (χ4v) is 4.61. The Labute approximate surface area is 144 Å². The van der Waals surface area contributed by atoms with Crippen LogP contribution in [0.3, 0.4) is 0 Å². The zero-order valence-corrected chi connectivity index (χ0v) is 15.0. The summed E-state index contributed by atoms with van der Waals surface area (Å²) in [6, 6.07) is 9.11. The predicted octanol–water partition coefficient (Wildman–Crippen LogP) is 2.52. The Balaban J connectivity index is 1.63. The molecular formula is C18H25N3O2S. The minimum atomic E-state index is -3.22. The third kappa shape index (κ3) is 4.24. The quantitative estimate of drug-likeness (QED) is 0.806. The number of likely N-dealkylation sites (tertiary alicyclic amines) is 1. The van der Waals surface area contributed by atoms with Crippen molar-refractivity contribution in [3.63, 3.8) is 0 Å². The molecule has 1 aromatic heterocycles. The van der Waals surface area contributed by atoms with Gasteiger partial charge in [0.15, 0.2) is 9.84 Å². The van der Waals surface area contributed by atoms with Gasteiger partial charge in [-0.2, -0.15) is 5.10 Å². The van der Waals surface area contributed by atoms with E-state index >= 15 is 0 Å². The first-order chi connectivity index (χ1) is 11.5. The van der Waals surface area contributed by atoms with Crippen molar-refractivity contribution in [2.75, 3.05) is 18.8 Å². The molecule has 1 saturated heterocycles. The van der Waals surface area contributed by atoms with E-state index < -0.39 is 9.84 Å². The summed E-state index contributed by atoms with van der Waals surface area (Å²) in [5.74, 6) is 0.172. The maximum atomic E-state index is 12.5. The van der Waals surface area contributed by atoms with E-state index in [1.807, 2.05) is 30.1 Å². The largest absolute Gasteiger partial charge is 0.298 e. The maximum Gasteiger partial charge on any atom is 0.179 e. The highest BCUT2D eigenvalue weighted by Gasteiger charge is 2.25. The number of hydrogen-bond acceptors (Lipinski definition) is 4. The molecule has 0 amide bonds. The number of benzene rings is 1. The molecule has 0 saturated carbocycles. The van der Waals surface area contributed by atoms with Crippen LogP contribution in [0.1, 0.15) is 24.8 Å². The Morgan fingerprint density at radius 3 is 2.71 bits per heavy atom. The molecule has 2 heterocycles. The summed E-state index contributed by atoms with van der Waals surface area (Å²) in [5.41, 5.74) is 1.16. The van der Waals surface area contributed by atoms with Gasteiger partial charge in [-0.15, -0.1) is 0 Å². The van der Waals surface area contributed by atoms with Gasteiger partial charge in [0.05, 0.1) is 23.4 Å². The maximum absolute atomic E-state index is 12.5. The van der Waals surface area contributed by atoms with Gasteiger partial charge in [-0.25, -0.2) is 8.42 Å². The zero-order chi connectivity index (χ0) is 17.0. The number of hydrogen-bond donors (Lipinski definition) is 0. The number of sulfone groups is 1. The molecule has 0 unspecified atom stereocenters. The van der Waals surface area contributed by atoms with E-state index in [4.69, 9.17) is 0 Å². The molecule has 0 spiro atoms. The van der Waals surface area contributed by atoms with Crippen LogP contribution in [0.4, 0.5) is 0 Å². The summed E-state index contributed by atoms with van der Waals surface area (Å²) >= 11 is 0. The summed E-state index contributed by atoms with van der Waals surface area (Å²) in [7, 11) is -3.22. The number of rotatable bonds is 6. The van der Waals surface area contributed by atoms with E-state index in [1.54, 1.807) is 24.3 Å². The van der Waals surface area contributed by atoms with Gasteiger partial charge in [-0.1, -0.05) is 24.6 Å². The monoisotopic (exact) mass is 347 g/mol. The first kappa shape index (κ1) is 17.2. The van der Waals surface area contributed by atoms with Crippen molar-refractivity contribution in [2.45, 2.75) is 43.7 Å². The van der Waals surface area contributed by atoms with Crippen LogP contribution < -0.4 is 0 Å². The summed E-state index contributed by atoms with van der Waals surface area (Å²) in [4.78, 5) is 2.74. The van der Waals surface area contributed by atoms with E-state index in [0.717, 1.165) is 31.5 Å². The highest BCUT2D eigenvalue weighted by atomic mass is 32.2. The van der Waals surface area contributed by atoms with E-state index in [0.29, 0.717) is 17.5 Å². The molecule has 1 atom stereocenters. The topological polar surface area (TPSA) is 55.2 Å². The lowest BCUT2D eigenvalue weighted by atomic mass is 10.0. The van der Waals surface area contributed by atoms with Crippen LogP contribution in [0.25, 0.3) is 0 Å². The average molecular weight is 347 g/mol. The lowest BCUT2D eigenvalue weighted by Gasteiger charge is -2.35. The second kappa shape index (κ2) is 7.49. The van der Waals surface area contributed by atoms with Gasteiger partial charge in [0.2, 0.25) is 0 Å². The molecule has 24 heavy (non-hydrogen) atoms. The fraction of sp³-hybridized carbons (Fsp3) is 0.500. The molecular weight excluding hydrogens is 322 g/mol. The van der Waals surface area contributed by atoms with Crippen LogP contribution in [0, 0.1) is 6.92 Å². The van der Waals surface area contributed by atoms with Crippen LogP contribution >= 0.6 is 0 Å². The molecule has 1 aromatic carbocycles. The third-order valence-electron chi connectivity index (χ3n) is 4.66. The predicted molar refractivity (Wildman–Crippen MR) is 94.7 cm³/mol. The molecule has 6 heteroatoms. The Morgan fingerprint density at radius 2 is 2.00 bits per heavy atom. The Kier molecular flexibility index (Phi) is 5.36. The molecule has 0 aliphatic carbocycles. The lowest BCUT2D eigenvalue weighted by molar-refractivity contribution is 0.137. The molecule has 0 N–H and O–H groups in total. The lowest BCUT2D eigenvalue weighted by Crippen LogP contribution is -2.44. The van der Waals surface area contributed by atoms with Crippen LogP contribution in [-0.2, 0) is 16.4 Å². The summed E-state index contributed by atoms with van der Waals surface area (Å²) < 4.78 is 27.0. The van der Waals surface area contributed by atoms with Crippen molar-refractivity contribution in [3.8, 4) is 0 Å². The van der Waals surface area contributed by atoms with Crippen LogP contribution in [0.2, 0.25) is 0 Å². The molecule has 1 aliphatic heterocycles. The van der Waals surface area contributed by atoms with Gasteiger partial charge in [-0.3, -0.25) is 9.58 Å². The first-order valence-corrected chi connectivity index (χ1v) is 10.2. The highest BCUT2D eigenvalue weighted by molar-refractivity contribution is 7.91. The van der Waals surface area contributed by atoms with E-state index in [2.05, 4.69) is 10.00 Å². The first-order valence-electron chi connectivity index (χ1n) is 8.55. The summed E-state index contributed by atoms with van der Waals surface area (Å²) in [5, 5.41) is 4.37. The Bertz CT molecular complexity index is 756. The SMILES string of the molecule is Cc1cnn(C[C@H]2CCCCN2CCS(=O)(=O)c2ccccc2)c1. The Morgan fingerprint density at radius 1 is 1.21 bits per heavy atom.